The van der Waals surface area contributed by atoms with Crippen LogP contribution in [0.2, 0.25) is 0 Å². The molecule has 2 N–H and O–H groups in total. The largest absolute Gasteiger partial charge is 0.477 e. The first-order valence-corrected chi connectivity index (χ1v) is 15.9. The van der Waals surface area contributed by atoms with Crippen LogP contribution in [0.5, 0.6) is 0 Å². The number of hydrogen-bond acceptors (Lipinski definition) is 6. The molecule has 0 aromatic heterocycles. The zero-order chi connectivity index (χ0) is 33.9. The van der Waals surface area contributed by atoms with Crippen LogP contribution in [-0.2, 0) is 28.7 Å². The van der Waals surface area contributed by atoms with Crippen molar-refractivity contribution >= 4 is 35.0 Å². The molecule has 1 saturated carbocycles. The van der Waals surface area contributed by atoms with Crippen LogP contribution in [-0.4, -0.2) is 34.1 Å². The van der Waals surface area contributed by atoms with Crippen LogP contribution in [0.25, 0.3) is 11.1 Å². The number of carbonyl (C=O) groups excluding carboxylic acids is 2. The maximum Gasteiger partial charge on any atom is 0.346 e. The van der Waals surface area contributed by atoms with Crippen LogP contribution in [0.15, 0.2) is 132 Å². The van der Waals surface area contributed by atoms with Crippen LogP contribution in [0.3, 0.4) is 0 Å². The number of carboxylic acid groups (broad SMARTS) is 2. The van der Waals surface area contributed by atoms with Crippen molar-refractivity contribution in [3.05, 3.63) is 155 Å². The third kappa shape index (κ3) is 7.96. The molecule has 48 heavy (non-hydrogen) atoms. The highest BCUT2D eigenvalue weighted by Gasteiger charge is 2.40. The maximum absolute atomic E-state index is 11.9. The van der Waals surface area contributed by atoms with Gasteiger partial charge in [-0.1, -0.05) is 160 Å². The average molecular weight is 645 g/mol. The topological polar surface area (TPSA) is 127 Å². The van der Waals surface area contributed by atoms with Gasteiger partial charge >= 0.3 is 23.9 Å². The summed E-state index contributed by atoms with van der Waals surface area (Å²) in [7, 11) is 0. The molecule has 4 aromatic rings. The van der Waals surface area contributed by atoms with Gasteiger partial charge < -0.3 is 19.7 Å². The van der Waals surface area contributed by atoms with Gasteiger partial charge in [-0.2, -0.15) is 0 Å². The lowest BCUT2D eigenvalue weighted by molar-refractivity contribution is -0.145. The number of ether oxygens (including phenoxy) is 2. The standard InChI is InChI=1S/2C17H12O4.C6H12/c2*18-16(19)14-13(11-7-3-1-4-8-11)15(21-17(14)20)12-9-5-2-6-10-12;1-2-4-6-5-3-1/h2*1-10,15H,(H,18,19);1-6H2. The lowest BCUT2D eigenvalue weighted by Gasteiger charge is -2.14. The molecule has 3 aliphatic rings. The van der Waals surface area contributed by atoms with E-state index in [4.69, 9.17) is 9.47 Å². The van der Waals surface area contributed by atoms with Crippen molar-refractivity contribution in [2.24, 2.45) is 0 Å². The van der Waals surface area contributed by atoms with Gasteiger partial charge in [-0.05, 0) is 22.3 Å². The number of carbonyl (C=O) groups is 4. The second kappa shape index (κ2) is 16.2. The SMILES string of the molecule is C1CCCCC1.O=C(O)C1=C(c2ccccc2)C(c2ccccc2)OC1=O.O=C(O)C1=C(c2ccccc2)C(c2ccccc2)OC1=O. The number of benzene rings is 4. The van der Waals surface area contributed by atoms with Gasteiger partial charge in [0.15, 0.2) is 23.4 Å². The van der Waals surface area contributed by atoms with E-state index in [1.54, 1.807) is 48.5 Å². The molecule has 8 heteroatoms. The molecule has 4 aromatic carbocycles. The Kier molecular flexibility index (Phi) is 11.3. The van der Waals surface area contributed by atoms with Gasteiger partial charge in [0.25, 0.3) is 0 Å². The molecule has 0 saturated heterocycles. The number of carboxylic acids is 2. The summed E-state index contributed by atoms with van der Waals surface area (Å²) >= 11 is 0. The van der Waals surface area contributed by atoms with Crippen molar-refractivity contribution in [2.45, 2.75) is 50.7 Å². The summed E-state index contributed by atoms with van der Waals surface area (Å²) in [6, 6.07) is 36.2. The Morgan fingerprint density at radius 1 is 0.458 bits per heavy atom. The van der Waals surface area contributed by atoms with Gasteiger partial charge in [0, 0.05) is 11.1 Å². The fourth-order valence-corrected chi connectivity index (χ4v) is 5.95. The Hall–Kier alpha value is -5.76. The Bertz CT molecular complexity index is 1650. The second-order valence-corrected chi connectivity index (χ2v) is 11.4. The lowest BCUT2D eigenvalue weighted by atomic mass is 9.93. The molecule has 8 nitrogen and oxygen atoms in total. The van der Waals surface area contributed by atoms with Crippen molar-refractivity contribution in [3.63, 3.8) is 0 Å². The summed E-state index contributed by atoms with van der Waals surface area (Å²) in [6.45, 7) is 0. The fraction of sp³-hybridized carbons (Fsp3) is 0.200. The minimum absolute atomic E-state index is 0.296. The predicted octanol–water partition coefficient (Wildman–Crippen LogP) is 7.99. The van der Waals surface area contributed by atoms with E-state index in [2.05, 4.69) is 0 Å². The molecule has 0 radical (unpaired) electrons. The minimum Gasteiger partial charge on any atom is -0.477 e. The van der Waals surface area contributed by atoms with Crippen molar-refractivity contribution in [1.82, 2.24) is 0 Å². The van der Waals surface area contributed by atoms with Crippen LogP contribution >= 0.6 is 0 Å². The molecule has 7 rings (SSSR count). The zero-order valence-corrected chi connectivity index (χ0v) is 26.3. The molecule has 1 fully saturated rings. The summed E-state index contributed by atoms with van der Waals surface area (Å²) in [5.41, 5.74) is 3.06. The Balaban J connectivity index is 0.000000160. The van der Waals surface area contributed by atoms with Gasteiger partial charge in [-0.15, -0.1) is 0 Å². The highest BCUT2D eigenvalue weighted by molar-refractivity contribution is 6.23. The van der Waals surface area contributed by atoms with Gasteiger partial charge in [0.05, 0.1) is 0 Å². The van der Waals surface area contributed by atoms with E-state index in [1.807, 2.05) is 72.8 Å². The number of rotatable bonds is 6. The van der Waals surface area contributed by atoms with E-state index in [0.29, 0.717) is 22.3 Å². The molecule has 0 spiro atoms. The Morgan fingerprint density at radius 2 is 0.729 bits per heavy atom. The van der Waals surface area contributed by atoms with Gasteiger partial charge in [0.1, 0.15) is 0 Å². The molecule has 0 bridgehead atoms. The second-order valence-electron chi connectivity index (χ2n) is 11.4. The van der Waals surface area contributed by atoms with E-state index in [1.165, 1.54) is 38.5 Å². The van der Waals surface area contributed by atoms with E-state index >= 15 is 0 Å². The van der Waals surface area contributed by atoms with Gasteiger partial charge in [-0.25, -0.2) is 19.2 Å². The van der Waals surface area contributed by atoms with Crippen LogP contribution in [0, 0.1) is 0 Å². The van der Waals surface area contributed by atoms with Crippen molar-refractivity contribution in [3.8, 4) is 0 Å². The summed E-state index contributed by atoms with van der Waals surface area (Å²) in [5, 5.41) is 18.6. The molecule has 2 aliphatic heterocycles. The Labute approximate surface area is 279 Å². The number of hydrogen-bond donors (Lipinski definition) is 2. The van der Waals surface area contributed by atoms with E-state index in [0.717, 1.165) is 11.1 Å². The van der Waals surface area contributed by atoms with Crippen molar-refractivity contribution < 1.29 is 38.9 Å². The number of esters is 2. The van der Waals surface area contributed by atoms with E-state index in [-0.39, 0.29) is 11.1 Å². The minimum atomic E-state index is -1.27. The first kappa shape index (κ1) is 33.6. The van der Waals surface area contributed by atoms with Crippen molar-refractivity contribution in [1.29, 1.82) is 0 Å². The smallest absolute Gasteiger partial charge is 0.346 e. The third-order valence-corrected chi connectivity index (χ3v) is 8.22. The average Bonchev–Trinajstić information content (AvgIpc) is 3.68. The van der Waals surface area contributed by atoms with Crippen LogP contribution in [0.1, 0.15) is 73.0 Å². The fourth-order valence-electron chi connectivity index (χ4n) is 5.95. The first-order valence-electron chi connectivity index (χ1n) is 15.9. The summed E-state index contributed by atoms with van der Waals surface area (Å²) in [4.78, 5) is 46.7. The summed E-state index contributed by atoms with van der Waals surface area (Å²) in [6.07, 6.45) is 7.62. The normalized spacial score (nSPS) is 18.5. The number of aliphatic carboxylic acids is 2. The van der Waals surface area contributed by atoms with E-state index < -0.39 is 36.1 Å². The number of cyclic esters (lactones) is 2. The third-order valence-electron chi connectivity index (χ3n) is 8.22. The quantitative estimate of drug-likeness (QED) is 0.160. The molecule has 2 atom stereocenters. The Morgan fingerprint density at radius 3 is 1.00 bits per heavy atom. The lowest BCUT2D eigenvalue weighted by Crippen LogP contribution is -2.09. The zero-order valence-electron chi connectivity index (χ0n) is 26.3. The van der Waals surface area contributed by atoms with Gasteiger partial charge in [0.2, 0.25) is 0 Å². The first-order chi connectivity index (χ1) is 23.4. The van der Waals surface area contributed by atoms with Crippen molar-refractivity contribution in [2.75, 3.05) is 0 Å². The molecular formula is C40H36O8. The predicted molar refractivity (Wildman–Crippen MR) is 180 cm³/mol. The molecule has 2 unspecified atom stereocenters. The molecule has 244 valence electrons. The molecule has 1 aliphatic carbocycles. The highest BCUT2D eigenvalue weighted by Crippen LogP contribution is 2.42. The summed E-state index contributed by atoms with van der Waals surface area (Å²) in [5.74, 6) is -4.13. The highest BCUT2D eigenvalue weighted by atomic mass is 16.6. The molecule has 0 amide bonds. The molecular weight excluding hydrogens is 608 g/mol. The van der Waals surface area contributed by atoms with Gasteiger partial charge in [-0.3, -0.25) is 0 Å². The van der Waals surface area contributed by atoms with Crippen LogP contribution in [0.4, 0.5) is 0 Å². The molecule has 2 heterocycles. The van der Waals surface area contributed by atoms with Crippen LogP contribution < -0.4 is 0 Å². The van der Waals surface area contributed by atoms with E-state index in [9.17, 15) is 29.4 Å². The maximum atomic E-state index is 11.9. The monoisotopic (exact) mass is 644 g/mol. The summed E-state index contributed by atoms with van der Waals surface area (Å²) < 4.78 is 10.6.